The van der Waals surface area contributed by atoms with Gasteiger partial charge in [-0.15, -0.1) is 0 Å². The zero-order valence-corrected chi connectivity index (χ0v) is 9.80. The molecule has 2 atom stereocenters. The van der Waals surface area contributed by atoms with E-state index in [2.05, 4.69) is 10.6 Å². The lowest BCUT2D eigenvalue weighted by Gasteiger charge is -2.43. The van der Waals surface area contributed by atoms with Crippen LogP contribution in [-0.4, -0.2) is 22.9 Å². The van der Waals surface area contributed by atoms with Gasteiger partial charge >= 0.3 is 0 Å². The van der Waals surface area contributed by atoms with Crippen LogP contribution in [0.1, 0.15) is 39.5 Å². The van der Waals surface area contributed by atoms with Crippen LogP contribution in [0.2, 0.25) is 0 Å². The largest absolute Gasteiger partial charge is 0.340 e. The molecule has 2 amide bonds. The van der Waals surface area contributed by atoms with E-state index >= 15 is 0 Å². The quantitative estimate of drug-likeness (QED) is 0.717. The second-order valence-electron chi connectivity index (χ2n) is 5.86. The summed E-state index contributed by atoms with van der Waals surface area (Å²) in [5, 5.41) is 5.93. The Balaban J connectivity index is 1.86. The first kappa shape index (κ1) is 10.1. The SMILES string of the molecule is CC1(C2CC2)NC(=O)C(C)(C2CC2)NC1=O. The van der Waals surface area contributed by atoms with Gasteiger partial charge in [-0.3, -0.25) is 9.59 Å². The second kappa shape index (κ2) is 2.79. The lowest BCUT2D eigenvalue weighted by atomic mass is 9.84. The highest BCUT2D eigenvalue weighted by Crippen LogP contribution is 2.45. The number of piperazine rings is 1. The van der Waals surface area contributed by atoms with Crippen LogP contribution in [0, 0.1) is 11.8 Å². The third-order valence-corrected chi connectivity index (χ3v) is 4.48. The van der Waals surface area contributed by atoms with Gasteiger partial charge in [0.2, 0.25) is 11.8 Å². The maximum Gasteiger partial charge on any atom is 0.246 e. The molecule has 3 fully saturated rings. The number of hydrogen-bond acceptors (Lipinski definition) is 2. The molecule has 0 bridgehead atoms. The molecule has 0 aromatic heterocycles. The van der Waals surface area contributed by atoms with Crippen LogP contribution in [0.3, 0.4) is 0 Å². The Morgan fingerprint density at radius 2 is 1.19 bits per heavy atom. The van der Waals surface area contributed by atoms with Gasteiger partial charge in [-0.2, -0.15) is 0 Å². The average Bonchev–Trinajstić information content (AvgIpc) is 3.03. The minimum Gasteiger partial charge on any atom is -0.340 e. The summed E-state index contributed by atoms with van der Waals surface area (Å²) in [5.74, 6) is 0.674. The fourth-order valence-corrected chi connectivity index (χ4v) is 2.74. The van der Waals surface area contributed by atoms with Crippen molar-refractivity contribution in [2.45, 2.75) is 50.6 Å². The molecule has 0 spiro atoms. The fourth-order valence-electron chi connectivity index (χ4n) is 2.74. The molecule has 2 saturated carbocycles. The highest BCUT2D eigenvalue weighted by Gasteiger charge is 2.59. The lowest BCUT2D eigenvalue weighted by molar-refractivity contribution is -0.146. The molecule has 88 valence electrons. The zero-order chi connectivity index (χ0) is 11.6. The van der Waals surface area contributed by atoms with Crippen molar-refractivity contribution in [2.24, 2.45) is 11.8 Å². The summed E-state index contributed by atoms with van der Waals surface area (Å²) in [5.41, 5.74) is -1.32. The first-order valence-corrected chi connectivity index (χ1v) is 6.12. The smallest absolute Gasteiger partial charge is 0.246 e. The second-order valence-corrected chi connectivity index (χ2v) is 5.86. The standard InChI is InChI=1S/C12H18N2O2/c1-11(7-3-4-7)9(15)14-12(2,8-5-6-8)10(16)13-11/h7-8H,3-6H2,1-2H3,(H,13,16)(H,14,15). The van der Waals surface area contributed by atoms with E-state index in [0.717, 1.165) is 25.7 Å². The highest BCUT2D eigenvalue weighted by molar-refractivity contribution is 6.02. The van der Waals surface area contributed by atoms with Gasteiger partial charge in [-0.05, 0) is 51.4 Å². The highest BCUT2D eigenvalue weighted by atomic mass is 16.2. The Labute approximate surface area is 95.2 Å². The van der Waals surface area contributed by atoms with Crippen molar-refractivity contribution in [2.75, 3.05) is 0 Å². The normalized spacial score (nSPS) is 43.9. The molecule has 0 aromatic carbocycles. The Morgan fingerprint density at radius 3 is 1.44 bits per heavy atom. The predicted molar refractivity (Wildman–Crippen MR) is 58.5 cm³/mol. The first-order valence-electron chi connectivity index (χ1n) is 6.12. The topological polar surface area (TPSA) is 58.2 Å². The molecular formula is C12H18N2O2. The fraction of sp³-hybridized carbons (Fsp3) is 0.833. The molecule has 1 heterocycles. The van der Waals surface area contributed by atoms with Crippen molar-refractivity contribution in [1.29, 1.82) is 0 Å². The minimum atomic E-state index is -0.661. The summed E-state index contributed by atoms with van der Waals surface area (Å²) in [6, 6.07) is 0. The number of hydrogen-bond donors (Lipinski definition) is 2. The van der Waals surface area contributed by atoms with Crippen LogP contribution in [0.15, 0.2) is 0 Å². The van der Waals surface area contributed by atoms with Gasteiger partial charge in [-0.25, -0.2) is 0 Å². The molecule has 0 radical (unpaired) electrons. The van der Waals surface area contributed by atoms with Gasteiger partial charge in [0, 0.05) is 0 Å². The van der Waals surface area contributed by atoms with E-state index in [0.29, 0.717) is 11.8 Å². The molecule has 2 N–H and O–H groups in total. The molecule has 4 nitrogen and oxygen atoms in total. The number of nitrogens with one attached hydrogen (secondary N) is 2. The van der Waals surface area contributed by atoms with Crippen molar-refractivity contribution in [1.82, 2.24) is 10.6 Å². The Hall–Kier alpha value is -1.06. The van der Waals surface area contributed by atoms with E-state index in [-0.39, 0.29) is 11.8 Å². The first-order chi connectivity index (χ1) is 7.47. The summed E-state index contributed by atoms with van der Waals surface area (Å²) < 4.78 is 0. The predicted octanol–water partition coefficient (Wildman–Crippen LogP) is 0.570. The van der Waals surface area contributed by atoms with Gasteiger partial charge in [0.05, 0.1) is 0 Å². The molecule has 4 heteroatoms. The van der Waals surface area contributed by atoms with Crippen LogP contribution < -0.4 is 10.6 Å². The van der Waals surface area contributed by atoms with E-state index in [1.165, 1.54) is 0 Å². The average molecular weight is 222 g/mol. The third-order valence-electron chi connectivity index (χ3n) is 4.48. The summed E-state index contributed by atoms with van der Waals surface area (Å²) >= 11 is 0. The van der Waals surface area contributed by atoms with E-state index in [9.17, 15) is 9.59 Å². The Kier molecular flexibility index (Phi) is 1.76. The number of carbonyl (C=O) groups excluding carboxylic acids is 2. The van der Waals surface area contributed by atoms with E-state index < -0.39 is 11.1 Å². The van der Waals surface area contributed by atoms with Crippen molar-refractivity contribution in [3.63, 3.8) is 0 Å². The van der Waals surface area contributed by atoms with E-state index in [4.69, 9.17) is 0 Å². The van der Waals surface area contributed by atoms with Gasteiger partial charge < -0.3 is 10.6 Å². The molecule has 3 aliphatic rings. The van der Waals surface area contributed by atoms with Crippen LogP contribution in [-0.2, 0) is 9.59 Å². The number of carbonyl (C=O) groups is 2. The van der Waals surface area contributed by atoms with Gasteiger partial charge in [0.1, 0.15) is 11.1 Å². The third kappa shape index (κ3) is 1.22. The molecule has 16 heavy (non-hydrogen) atoms. The number of amides is 2. The molecule has 2 unspecified atom stereocenters. The van der Waals surface area contributed by atoms with Crippen molar-refractivity contribution in [3.8, 4) is 0 Å². The van der Waals surface area contributed by atoms with Crippen molar-refractivity contribution in [3.05, 3.63) is 0 Å². The van der Waals surface area contributed by atoms with Crippen molar-refractivity contribution >= 4 is 11.8 Å². The van der Waals surface area contributed by atoms with Crippen molar-refractivity contribution < 1.29 is 9.59 Å². The monoisotopic (exact) mass is 222 g/mol. The van der Waals surface area contributed by atoms with Crippen LogP contribution in [0.4, 0.5) is 0 Å². The number of rotatable bonds is 2. The summed E-state index contributed by atoms with van der Waals surface area (Å²) in [7, 11) is 0. The summed E-state index contributed by atoms with van der Waals surface area (Å²) in [4.78, 5) is 24.3. The van der Waals surface area contributed by atoms with Gasteiger partial charge in [0.25, 0.3) is 0 Å². The van der Waals surface area contributed by atoms with Crippen LogP contribution in [0.25, 0.3) is 0 Å². The lowest BCUT2D eigenvalue weighted by Crippen LogP contribution is -2.74. The van der Waals surface area contributed by atoms with E-state index in [1.54, 1.807) is 0 Å². The maximum atomic E-state index is 12.2. The molecule has 1 aliphatic heterocycles. The van der Waals surface area contributed by atoms with E-state index in [1.807, 2.05) is 13.8 Å². The molecular weight excluding hydrogens is 204 g/mol. The Morgan fingerprint density at radius 1 is 0.875 bits per heavy atom. The van der Waals surface area contributed by atoms with Gasteiger partial charge in [-0.1, -0.05) is 0 Å². The van der Waals surface area contributed by atoms with Crippen LogP contribution >= 0.6 is 0 Å². The van der Waals surface area contributed by atoms with Crippen LogP contribution in [0.5, 0.6) is 0 Å². The molecule has 1 saturated heterocycles. The molecule has 3 rings (SSSR count). The summed E-state index contributed by atoms with van der Waals surface area (Å²) in [6.45, 7) is 3.70. The summed E-state index contributed by atoms with van der Waals surface area (Å²) in [6.07, 6.45) is 4.18. The molecule has 0 aromatic rings. The molecule has 2 aliphatic carbocycles. The maximum absolute atomic E-state index is 12.2. The Bertz CT molecular complexity index is 337. The minimum absolute atomic E-state index is 0.00370. The van der Waals surface area contributed by atoms with Gasteiger partial charge in [0.15, 0.2) is 0 Å². The zero-order valence-electron chi connectivity index (χ0n) is 9.80.